The smallest absolute Gasteiger partial charge is 0.245 e. The molecular weight excluding hydrogens is 288 g/mol. The van der Waals surface area contributed by atoms with E-state index in [0.717, 1.165) is 44.3 Å². The van der Waals surface area contributed by atoms with Crippen LogP contribution in [0.15, 0.2) is 30.3 Å². The number of amides is 2. The molecule has 0 aliphatic carbocycles. The Morgan fingerprint density at radius 2 is 1.74 bits per heavy atom. The molecule has 2 fully saturated rings. The molecule has 1 unspecified atom stereocenters. The molecule has 124 valence electrons. The van der Waals surface area contributed by atoms with E-state index in [0.29, 0.717) is 18.9 Å². The van der Waals surface area contributed by atoms with Crippen molar-refractivity contribution in [3.05, 3.63) is 35.9 Å². The van der Waals surface area contributed by atoms with Crippen LogP contribution >= 0.6 is 0 Å². The van der Waals surface area contributed by atoms with Crippen molar-refractivity contribution in [2.45, 2.75) is 45.1 Å². The summed E-state index contributed by atoms with van der Waals surface area (Å²) in [6.07, 6.45) is 4.29. The fraction of sp³-hybridized carbons (Fsp3) is 0.579. The molecule has 4 heteroatoms. The van der Waals surface area contributed by atoms with Crippen molar-refractivity contribution in [1.29, 1.82) is 0 Å². The first-order valence-electron chi connectivity index (χ1n) is 8.77. The maximum atomic E-state index is 12.8. The van der Waals surface area contributed by atoms with Gasteiger partial charge in [-0.05, 0) is 37.2 Å². The quantitative estimate of drug-likeness (QED) is 0.860. The van der Waals surface area contributed by atoms with Crippen LogP contribution < -0.4 is 0 Å². The molecule has 1 aromatic carbocycles. The van der Waals surface area contributed by atoms with E-state index in [1.165, 1.54) is 0 Å². The molecule has 0 spiro atoms. The Bertz CT molecular complexity index is 550. The molecule has 0 radical (unpaired) electrons. The van der Waals surface area contributed by atoms with Crippen molar-refractivity contribution in [2.75, 3.05) is 19.6 Å². The normalized spacial score (nSPS) is 22.4. The van der Waals surface area contributed by atoms with Gasteiger partial charge in [-0.1, -0.05) is 37.3 Å². The molecular formula is C19H26N2O2. The lowest BCUT2D eigenvalue weighted by Crippen LogP contribution is -2.50. The summed E-state index contributed by atoms with van der Waals surface area (Å²) >= 11 is 0. The third-order valence-electron chi connectivity index (χ3n) is 5.15. The third kappa shape index (κ3) is 3.74. The maximum Gasteiger partial charge on any atom is 0.245 e. The Hall–Kier alpha value is -1.84. The van der Waals surface area contributed by atoms with Gasteiger partial charge in [-0.3, -0.25) is 9.59 Å². The standard InChI is InChI=1S/C19H26N2O2/c1-15-9-12-20(13-10-15)19(23)17-8-5-11-21(17)18(22)14-16-6-3-2-4-7-16/h2-4,6-7,15,17H,5,8-14H2,1H3. The van der Waals surface area contributed by atoms with Gasteiger partial charge >= 0.3 is 0 Å². The Kier molecular flexibility index (Phi) is 4.99. The molecule has 0 aromatic heterocycles. The lowest BCUT2D eigenvalue weighted by atomic mass is 9.98. The predicted molar refractivity (Wildman–Crippen MR) is 89.9 cm³/mol. The minimum atomic E-state index is -0.236. The molecule has 2 aliphatic rings. The highest BCUT2D eigenvalue weighted by Gasteiger charge is 2.36. The van der Waals surface area contributed by atoms with Gasteiger partial charge in [0.25, 0.3) is 0 Å². The Morgan fingerprint density at radius 3 is 2.43 bits per heavy atom. The highest BCUT2D eigenvalue weighted by molar-refractivity contribution is 5.89. The van der Waals surface area contributed by atoms with Crippen LogP contribution in [0.2, 0.25) is 0 Å². The van der Waals surface area contributed by atoms with Crippen molar-refractivity contribution >= 4 is 11.8 Å². The number of rotatable bonds is 3. The Balaban J connectivity index is 1.63. The summed E-state index contributed by atoms with van der Waals surface area (Å²) in [5, 5.41) is 0. The van der Waals surface area contributed by atoms with E-state index in [9.17, 15) is 9.59 Å². The lowest BCUT2D eigenvalue weighted by molar-refractivity contribution is -0.144. The first-order valence-corrected chi connectivity index (χ1v) is 8.77. The number of nitrogens with zero attached hydrogens (tertiary/aromatic N) is 2. The van der Waals surface area contributed by atoms with Crippen molar-refractivity contribution < 1.29 is 9.59 Å². The van der Waals surface area contributed by atoms with Gasteiger partial charge in [-0.15, -0.1) is 0 Å². The number of carbonyl (C=O) groups is 2. The van der Waals surface area contributed by atoms with Crippen LogP contribution in [0.4, 0.5) is 0 Å². The fourth-order valence-corrected chi connectivity index (χ4v) is 3.63. The molecule has 0 saturated carbocycles. The monoisotopic (exact) mass is 314 g/mol. The van der Waals surface area contributed by atoms with Gasteiger partial charge in [0.2, 0.25) is 11.8 Å². The number of piperidine rings is 1. The second-order valence-electron chi connectivity index (χ2n) is 6.92. The minimum Gasteiger partial charge on any atom is -0.341 e. The zero-order valence-electron chi connectivity index (χ0n) is 13.9. The van der Waals surface area contributed by atoms with E-state index in [1.807, 2.05) is 40.1 Å². The zero-order valence-corrected chi connectivity index (χ0v) is 13.9. The van der Waals surface area contributed by atoms with Crippen LogP contribution in [0.25, 0.3) is 0 Å². The molecule has 2 heterocycles. The fourth-order valence-electron chi connectivity index (χ4n) is 3.63. The maximum absolute atomic E-state index is 12.8. The summed E-state index contributed by atoms with van der Waals surface area (Å²) in [5.41, 5.74) is 1.02. The summed E-state index contributed by atoms with van der Waals surface area (Å²) < 4.78 is 0. The number of hydrogen-bond donors (Lipinski definition) is 0. The van der Waals surface area contributed by atoms with Crippen LogP contribution in [-0.2, 0) is 16.0 Å². The molecule has 2 saturated heterocycles. The van der Waals surface area contributed by atoms with Gasteiger partial charge in [0.1, 0.15) is 6.04 Å². The van der Waals surface area contributed by atoms with Gasteiger partial charge in [-0.2, -0.15) is 0 Å². The van der Waals surface area contributed by atoms with Gasteiger partial charge in [0.05, 0.1) is 6.42 Å². The van der Waals surface area contributed by atoms with E-state index in [4.69, 9.17) is 0 Å². The van der Waals surface area contributed by atoms with Crippen LogP contribution in [-0.4, -0.2) is 47.3 Å². The van der Waals surface area contributed by atoms with E-state index >= 15 is 0 Å². The minimum absolute atomic E-state index is 0.0810. The number of hydrogen-bond acceptors (Lipinski definition) is 2. The second kappa shape index (κ2) is 7.16. The number of likely N-dealkylation sites (tertiary alicyclic amines) is 2. The summed E-state index contributed by atoms with van der Waals surface area (Å²) in [6, 6.07) is 9.55. The highest BCUT2D eigenvalue weighted by Crippen LogP contribution is 2.23. The number of carbonyl (C=O) groups excluding carboxylic acids is 2. The van der Waals surface area contributed by atoms with Crippen LogP contribution in [0.5, 0.6) is 0 Å². The summed E-state index contributed by atoms with van der Waals surface area (Å²) in [4.78, 5) is 29.2. The Morgan fingerprint density at radius 1 is 1.04 bits per heavy atom. The van der Waals surface area contributed by atoms with E-state index < -0.39 is 0 Å². The predicted octanol–water partition coefficient (Wildman–Crippen LogP) is 2.48. The first kappa shape index (κ1) is 16.0. The third-order valence-corrected chi connectivity index (χ3v) is 5.15. The van der Waals surface area contributed by atoms with Crippen LogP contribution in [0, 0.1) is 5.92 Å². The molecule has 2 amide bonds. The topological polar surface area (TPSA) is 40.6 Å². The molecule has 3 rings (SSSR count). The Labute approximate surface area is 138 Å². The largest absolute Gasteiger partial charge is 0.341 e. The molecule has 0 N–H and O–H groups in total. The average Bonchev–Trinajstić information content (AvgIpc) is 3.05. The lowest BCUT2D eigenvalue weighted by Gasteiger charge is -2.34. The molecule has 2 aliphatic heterocycles. The summed E-state index contributed by atoms with van der Waals surface area (Å²) in [6.45, 7) is 4.65. The van der Waals surface area contributed by atoms with Gasteiger partial charge < -0.3 is 9.80 Å². The second-order valence-corrected chi connectivity index (χ2v) is 6.92. The van der Waals surface area contributed by atoms with Crippen LogP contribution in [0.1, 0.15) is 38.2 Å². The molecule has 1 atom stereocenters. The molecule has 4 nitrogen and oxygen atoms in total. The van der Waals surface area contributed by atoms with Gasteiger partial charge in [0, 0.05) is 19.6 Å². The van der Waals surface area contributed by atoms with E-state index in [-0.39, 0.29) is 17.9 Å². The van der Waals surface area contributed by atoms with Crippen molar-refractivity contribution in [3.8, 4) is 0 Å². The van der Waals surface area contributed by atoms with Crippen LogP contribution in [0.3, 0.4) is 0 Å². The SMILES string of the molecule is CC1CCN(C(=O)C2CCCN2C(=O)Cc2ccccc2)CC1. The van der Waals surface area contributed by atoms with E-state index in [2.05, 4.69) is 6.92 Å². The van der Waals surface area contributed by atoms with E-state index in [1.54, 1.807) is 0 Å². The highest BCUT2D eigenvalue weighted by atomic mass is 16.2. The molecule has 23 heavy (non-hydrogen) atoms. The van der Waals surface area contributed by atoms with Crippen molar-refractivity contribution in [2.24, 2.45) is 5.92 Å². The van der Waals surface area contributed by atoms with Gasteiger partial charge in [0.15, 0.2) is 0 Å². The zero-order chi connectivity index (χ0) is 16.2. The summed E-state index contributed by atoms with van der Waals surface area (Å²) in [5.74, 6) is 0.951. The summed E-state index contributed by atoms with van der Waals surface area (Å²) in [7, 11) is 0. The first-order chi connectivity index (χ1) is 11.1. The van der Waals surface area contributed by atoms with Crippen molar-refractivity contribution in [1.82, 2.24) is 9.80 Å². The molecule has 0 bridgehead atoms. The molecule has 1 aromatic rings. The van der Waals surface area contributed by atoms with Gasteiger partial charge in [-0.25, -0.2) is 0 Å². The number of benzene rings is 1. The average molecular weight is 314 g/mol. The van der Waals surface area contributed by atoms with Crippen molar-refractivity contribution in [3.63, 3.8) is 0 Å².